The van der Waals surface area contributed by atoms with E-state index >= 15 is 0 Å². The molecule has 10 N–H and O–H groups in total. The summed E-state index contributed by atoms with van der Waals surface area (Å²) < 4.78 is 27.1. The number of ether oxygens (including phenoxy) is 5. The van der Waals surface area contributed by atoms with E-state index in [4.69, 9.17) is 28.8 Å². The average molecular weight is 529 g/mol. The zero-order valence-electron chi connectivity index (χ0n) is 19.5. The van der Waals surface area contributed by atoms with Crippen molar-refractivity contribution in [3.63, 3.8) is 0 Å². The van der Waals surface area contributed by atoms with E-state index in [9.17, 15) is 45.6 Å². The Bertz CT molecular complexity index is 731. The van der Waals surface area contributed by atoms with Crippen LogP contribution >= 0.6 is 0 Å². The predicted molar refractivity (Wildman–Crippen MR) is 111 cm³/mol. The first kappa shape index (κ1) is 29.5. The van der Waals surface area contributed by atoms with E-state index in [0.717, 1.165) is 6.92 Å². The van der Waals surface area contributed by atoms with Crippen molar-refractivity contribution in [2.24, 2.45) is 0 Å². The fourth-order valence-corrected chi connectivity index (χ4v) is 4.46. The topological polar surface area (TPSA) is 257 Å². The van der Waals surface area contributed by atoms with E-state index in [2.05, 4.69) is 5.32 Å². The van der Waals surface area contributed by atoms with Gasteiger partial charge in [-0.05, 0) is 6.92 Å². The molecule has 3 aliphatic heterocycles. The number of amides is 1. The maximum atomic E-state index is 11.6. The summed E-state index contributed by atoms with van der Waals surface area (Å²) in [4.78, 5) is 11.6. The Morgan fingerprint density at radius 1 is 0.861 bits per heavy atom. The van der Waals surface area contributed by atoms with Gasteiger partial charge in [0.05, 0.1) is 19.3 Å². The first-order chi connectivity index (χ1) is 16.9. The van der Waals surface area contributed by atoms with Gasteiger partial charge in [0.2, 0.25) is 5.91 Å². The molecule has 0 spiro atoms. The minimum Gasteiger partial charge on any atom is -0.394 e. The third kappa shape index (κ3) is 5.97. The minimum atomic E-state index is -1.81. The van der Waals surface area contributed by atoms with E-state index in [0.29, 0.717) is 0 Å². The van der Waals surface area contributed by atoms with Gasteiger partial charge in [0.25, 0.3) is 0 Å². The minimum absolute atomic E-state index is 0.597. The summed E-state index contributed by atoms with van der Waals surface area (Å²) >= 11 is 0. The van der Waals surface area contributed by atoms with Crippen LogP contribution in [-0.2, 0) is 28.5 Å². The molecular formula is C20H35NO15. The monoisotopic (exact) mass is 529 g/mol. The van der Waals surface area contributed by atoms with Gasteiger partial charge in [0.1, 0.15) is 67.1 Å². The van der Waals surface area contributed by atoms with Crippen LogP contribution in [0.3, 0.4) is 0 Å². The number of carbonyl (C=O) groups excluding carboxylic acids is 1. The first-order valence-electron chi connectivity index (χ1n) is 11.4. The van der Waals surface area contributed by atoms with Gasteiger partial charge in [0, 0.05) is 6.92 Å². The molecule has 3 saturated heterocycles. The average Bonchev–Trinajstić information content (AvgIpc) is 3.11. The van der Waals surface area contributed by atoms with Crippen molar-refractivity contribution in [1.82, 2.24) is 5.32 Å². The molecule has 3 rings (SSSR count). The molecule has 0 bridgehead atoms. The molecule has 210 valence electrons. The Balaban J connectivity index is 1.70. The van der Waals surface area contributed by atoms with Gasteiger partial charge in [-0.1, -0.05) is 0 Å². The molecule has 36 heavy (non-hydrogen) atoms. The van der Waals surface area contributed by atoms with Gasteiger partial charge in [-0.15, -0.1) is 0 Å². The Kier molecular flexibility index (Phi) is 9.97. The molecule has 0 unspecified atom stereocenters. The smallest absolute Gasteiger partial charge is 0.217 e. The van der Waals surface area contributed by atoms with Crippen LogP contribution in [0.1, 0.15) is 13.8 Å². The number of rotatable bonds is 8. The molecule has 0 aliphatic carbocycles. The fourth-order valence-electron chi connectivity index (χ4n) is 4.46. The van der Waals surface area contributed by atoms with Gasteiger partial charge >= 0.3 is 0 Å². The molecule has 3 fully saturated rings. The maximum absolute atomic E-state index is 11.6. The summed E-state index contributed by atoms with van der Waals surface area (Å²) in [6, 6.07) is -1.32. The molecule has 15 atom stereocenters. The number of carbonyl (C=O) groups is 1. The Morgan fingerprint density at radius 3 is 2.03 bits per heavy atom. The van der Waals surface area contributed by atoms with Crippen LogP contribution in [0.5, 0.6) is 0 Å². The zero-order chi connectivity index (χ0) is 26.9. The van der Waals surface area contributed by atoms with E-state index < -0.39 is 111 Å². The number of aliphatic hydroxyl groups is 9. The highest BCUT2D eigenvalue weighted by atomic mass is 16.7. The van der Waals surface area contributed by atoms with Crippen molar-refractivity contribution in [2.45, 2.75) is 106 Å². The van der Waals surface area contributed by atoms with Crippen molar-refractivity contribution in [3.8, 4) is 0 Å². The highest BCUT2D eigenvalue weighted by Gasteiger charge is 2.53. The molecule has 0 saturated carbocycles. The van der Waals surface area contributed by atoms with Crippen LogP contribution in [0.25, 0.3) is 0 Å². The zero-order valence-corrected chi connectivity index (χ0v) is 19.5. The fraction of sp³-hybridized carbons (Fsp3) is 0.950. The first-order valence-corrected chi connectivity index (χ1v) is 11.4. The number of aliphatic hydroxyl groups excluding tert-OH is 9. The Morgan fingerprint density at radius 2 is 1.44 bits per heavy atom. The van der Waals surface area contributed by atoms with Crippen molar-refractivity contribution >= 4 is 5.91 Å². The van der Waals surface area contributed by atoms with Crippen LogP contribution in [0.15, 0.2) is 0 Å². The molecule has 0 aromatic heterocycles. The van der Waals surface area contributed by atoms with E-state index in [1.807, 2.05) is 0 Å². The summed E-state index contributed by atoms with van der Waals surface area (Å²) in [7, 11) is 0. The van der Waals surface area contributed by atoms with Crippen LogP contribution in [0.2, 0.25) is 0 Å². The van der Waals surface area contributed by atoms with Gasteiger partial charge < -0.3 is 75.0 Å². The molecule has 3 aliphatic rings. The lowest BCUT2D eigenvalue weighted by Gasteiger charge is -2.47. The number of hydrogen-bond acceptors (Lipinski definition) is 15. The molecule has 0 aromatic rings. The second-order valence-corrected chi connectivity index (χ2v) is 9.06. The van der Waals surface area contributed by atoms with E-state index in [1.165, 1.54) is 6.92 Å². The number of hydrogen-bond donors (Lipinski definition) is 10. The van der Waals surface area contributed by atoms with Crippen molar-refractivity contribution in [2.75, 3.05) is 13.2 Å². The molecule has 1 amide bonds. The van der Waals surface area contributed by atoms with Gasteiger partial charge in [-0.25, -0.2) is 0 Å². The van der Waals surface area contributed by atoms with Gasteiger partial charge in [-0.3, -0.25) is 4.79 Å². The normalized spacial score (nSPS) is 48.5. The standard InChI is InChI=1S/C20H35NO15/c1-5-15(34-20-14(30)12(28)16(35-20)7(25)3-22)11(27)13(29)19(32-5)36-17-9(21-6(2)24)18(31)33-8(4-23)10(17)26/h5,7-20,22-23,25-31H,3-4H2,1-2H3,(H,21,24)/t5-,7+,8+,9+,10+,11-,12+,13+,14+,15-,16-,17+,18-,19-,20+/m0/s1. The quantitative estimate of drug-likeness (QED) is 0.140. The lowest BCUT2D eigenvalue weighted by molar-refractivity contribution is -0.351. The maximum Gasteiger partial charge on any atom is 0.217 e. The predicted octanol–water partition coefficient (Wildman–Crippen LogP) is -6.40. The van der Waals surface area contributed by atoms with Crippen LogP contribution < -0.4 is 5.32 Å². The third-order valence-electron chi connectivity index (χ3n) is 6.42. The van der Waals surface area contributed by atoms with E-state index in [-0.39, 0.29) is 0 Å². The summed E-state index contributed by atoms with van der Waals surface area (Å²) in [6.45, 7) is 1.11. The molecular weight excluding hydrogens is 494 g/mol. The highest BCUT2D eigenvalue weighted by Crippen LogP contribution is 2.32. The summed E-state index contributed by atoms with van der Waals surface area (Å²) in [5.74, 6) is -0.597. The van der Waals surface area contributed by atoms with Gasteiger partial charge in [-0.2, -0.15) is 0 Å². The van der Waals surface area contributed by atoms with Crippen LogP contribution in [0.4, 0.5) is 0 Å². The van der Waals surface area contributed by atoms with Crippen LogP contribution in [0, 0.1) is 0 Å². The molecule has 3 heterocycles. The second-order valence-electron chi connectivity index (χ2n) is 9.06. The van der Waals surface area contributed by atoms with Crippen LogP contribution in [-0.4, -0.2) is 157 Å². The summed E-state index contributed by atoms with van der Waals surface area (Å²) in [5.41, 5.74) is 0. The van der Waals surface area contributed by atoms with Crippen molar-refractivity contribution in [1.29, 1.82) is 0 Å². The summed E-state index contributed by atoms with van der Waals surface area (Å²) in [6.07, 6.45) is -21.2. The number of nitrogens with one attached hydrogen (secondary N) is 1. The van der Waals surface area contributed by atoms with E-state index in [1.54, 1.807) is 0 Å². The second kappa shape index (κ2) is 12.2. The lowest BCUT2D eigenvalue weighted by Crippen LogP contribution is -2.67. The third-order valence-corrected chi connectivity index (χ3v) is 6.42. The van der Waals surface area contributed by atoms with Crippen molar-refractivity contribution < 1.29 is 74.4 Å². The largest absolute Gasteiger partial charge is 0.394 e. The lowest BCUT2D eigenvalue weighted by atomic mass is 9.95. The molecule has 16 nitrogen and oxygen atoms in total. The van der Waals surface area contributed by atoms with Gasteiger partial charge in [0.15, 0.2) is 18.9 Å². The highest BCUT2D eigenvalue weighted by molar-refractivity contribution is 5.73. The van der Waals surface area contributed by atoms with Crippen molar-refractivity contribution in [3.05, 3.63) is 0 Å². The SMILES string of the molecule is CC(=O)N[C@@H]1[C@@H](O[C@@H]2O[C@@H](C)[C@H](O[C@@H]3O[C@@H]([C@H](O)CO)[C@H](O)[C@H]3O)[C@@H](O)[C@H]2O)[C@H](O)[C@@H](CO)O[C@@H]1O. The summed E-state index contributed by atoms with van der Waals surface area (Å²) in [5, 5.41) is 93.0. The Hall–Kier alpha value is -1.09. The molecule has 16 heteroatoms. The Labute approximate surface area is 205 Å². The molecule has 0 radical (unpaired) electrons. The molecule has 0 aromatic carbocycles.